The van der Waals surface area contributed by atoms with Crippen LogP contribution in [0.3, 0.4) is 0 Å². The summed E-state index contributed by atoms with van der Waals surface area (Å²) >= 11 is 1.56. The number of rotatable bonds is 8. The van der Waals surface area contributed by atoms with Gasteiger partial charge in [-0.05, 0) is 19.1 Å². The molecule has 0 radical (unpaired) electrons. The van der Waals surface area contributed by atoms with Gasteiger partial charge in [-0.15, -0.1) is 0 Å². The molecule has 3 aromatic rings. The molecular weight excluding hydrogens is 472 g/mol. The Morgan fingerprint density at radius 3 is 2.83 bits per heavy atom. The summed E-state index contributed by atoms with van der Waals surface area (Å²) in [7, 11) is 0. The Hall–Kier alpha value is -3.64. The minimum atomic E-state index is -0.590. The summed E-state index contributed by atoms with van der Waals surface area (Å²) in [6, 6.07) is 4.46. The van der Waals surface area contributed by atoms with Crippen LogP contribution in [0.5, 0.6) is 0 Å². The molecule has 2 N–H and O–H groups in total. The maximum atomic E-state index is 12.6. The number of nitrogens with two attached hydrogens (primary N) is 1. The first-order chi connectivity index (χ1) is 16.8. The number of carbonyl (C=O) groups excluding carboxylic acids is 1. The molecule has 1 aliphatic heterocycles. The predicted molar refractivity (Wildman–Crippen MR) is 130 cm³/mol. The van der Waals surface area contributed by atoms with Gasteiger partial charge in [-0.1, -0.05) is 11.3 Å². The van der Waals surface area contributed by atoms with E-state index in [4.69, 9.17) is 15.2 Å². The van der Waals surface area contributed by atoms with Crippen molar-refractivity contribution in [2.75, 3.05) is 43.5 Å². The highest BCUT2D eigenvalue weighted by molar-refractivity contribution is 7.09. The largest absolute Gasteiger partial charge is 0.462 e. The average Bonchev–Trinajstić information content (AvgIpc) is 3.19. The molecule has 35 heavy (non-hydrogen) atoms. The molecule has 0 aliphatic carbocycles. The number of benzene rings is 1. The standard InChI is InChI=1S/C23H27N6O5S/c1-15-21(35-14-28(15)13-18-12-25-16(2)26-22(18)24)5-8-34-23(30)17-3-4-19(20(11-17)29(31)32)27-6-9-33-10-7-27/h3-4,11-12,14H,5-10,13H2,1-2H3,(H2,24,25,26)/q+1. The van der Waals surface area contributed by atoms with Crippen molar-refractivity contribution in [3.63, 3.8) is 0 Å². The summed E-state index contributed by atoms with van der Waals surface area (Å²) in [5, 5.41) is 11.6. The van der Waals surface area contributed by atoms with Gasteiger partial charge in [0.05, 0.1) is 40.7 Å². The first kappa shape index (κ1) is 24.5. The van der Waals surface area contributed by atoms with E-state index in [0.717, 1.165) is 16.1 Å². The molecule has 11 nitrogen and oxygen atoms in total. The Kier molecular flexibility index (Phi) is 7.51. The third-order valence-electron chi connectivity index (χ3n) is 5.84. The van der Waals surface area contributed by atoms with Crippen LogP contribution >= 0.6 is 11.3 Å². The number of morpholine rings is 1. The monoisotopic (exact) mass is 499 g/mol. The number of nitro benzene ring substituents is 1. The van der Waals surface area contributed by atoms with Crippen molar-refractivity contribution in [3.8, 4) is 0 Å². The molecular formula is C23H27N6O5S+. The maximum Gasteiger partial charge on any atom is 0.338 e. The minimum Gasteiger partial charge on any atom is -0.462 e. The van der Waals surface area contributed by atoms with Crippen molar-refractivity contribution in [2.45, 2.75) is 26.8 Å². The lowest BCUT2D eigenvalue weighted by Gasteiger charge is -2.28. The van der Waals surface area contributed by atoms with Gasteiger partial charge in [-0.2, -0.15) is 4.57 Å². The fourth-order valence-corrected chi connectivity index (χ4v) is 4.83. The van der Waals surface area contributed by atoms with Gasteiger partial charge in [0.25, 0.3) is 5.69 Å². The second kappa shape index (κ2) is 10.7. The van der Waals surface area contributed by atoms with E-state index in [1.54, 1.807) is 36.6 Å². The summed E-state index contributed by atoms with van der Waals surface area (Å²) in [6.07, 6.45) is 2.26. The number of ether oxygens (including phenoxy) is 2. The van der Waals surface area contributed by atoms with E-state index in [0.29, 0.717) is 56.6 Å². The molecule has 0 spiro atoms. The van der Waals surface area contributed by atoms with Gasteiger partial charge < -0.3 is 20.1 Å². The number of esters is 1. The van der Waals surface area contributed by atoms with Crippen molar-refractivity contribution >= 4 is 34.5 Å². The van der Waals surface area contributed by atoms with Crippen LogP contribution in [0.2, 0.25) is 0 Å². The molecule has 0 bridgehead atoms. The number of nitrogens with zero attached hydrogens (tertiary/aromatic N) is 5. The lowest BCUT2D eigenvalue weighted by Crippen LogP contribution is -2.36. The van der Waals surface area contributed by atoms with E-state index in [1.165, 1.54) is 6.07 Å². The normalized spacial score (nSPS) is 13.6. The summed E-state index contributed by atoms with van der Waals surface area (Å²) in [4.78, 5) is 35.1. The zero-order valence-corrected chi connectivity index (χ0v) is 20.4. The smallest absolute Gasteiger partial charge is 0.338 e. The fourth-order valence-electron chi connectivity index (χ4n) is 3.85. The van der Waals surface area contributed by atoms with Crippen molar-refractivity contribution in [1.82, 2.24) is 9.97 Å². The van der Waals surface area contributed by atoms with Crippen LogP contribution in [0.15, 0.2) is 29.9 Å². The summed E-state index contributed by atoms with van der Waals surface area (Å²) in [5.41, 5.74) is 10.4. The first-order valence-electron chi connectivity index (χ1n) is 11.2. The number of aryl methyl sites for hydroxylation is 1. The van der Waals surface area contributed by atoms with E-state index >= 15 is 0 Å². The highest BCUT2D eigenvalue weighted by Gasteiger charge is 2.24. The number of hydrogen-bond donors (Lipinski definition) is 1. The van der Waals surface area contributed by atoms with E-state index in [9.17, 15) is 14.9 Å². The number of aromatic nitrogens is 3. The quantitative estimate of drug-likeness (QED) is 0.214. The third-order valence-corrected chi connectivity index (χ3v) is 6.98. The Morgan fingerprint density at radius 1 is 1.34 bits per heavy atom. The minimum absolute atomic E-state index is 0.115. The van der Waals surface area contributed by atoms with E-state index in [-0.39, 0.29) is 17.9 Å². The van der Waals surface area contributed by atoms with E-state index in [2.05, 4.69) is 14.5 Å². The lowest BCUT2D eigenvalue weighted by molar-refractivity contribution is -0.689. The number of anilines is 2. The second-order valence-electron chi connectivity index (χ2n) is 8.13. The predicted octanol–water partition coefficient (Wildman–Crippen LogP) is 2.22. The number of carbonyl (C=O) groups is 1. The molecule has 1 fully saturated rings. The SMILES string of the molecule is Cc1ncc(C[n+]2csc(CCOC(=O)c3ccc(N4CCOCC4)c([N+](=O)[O-])c3)c2C)c(N)n1. The molecule has 0 atom stereocenters. The van der Waals surface area contributed by atoms with E-state index < -0.39 is 10.9 Å². The van der Waals surface area contributed by atoms with E-state index in [1.807, 2.05) is 17.3 Å². The molecule has 1 saturated heterocycles. The fraction of sp³-hybridized carbons (Fsp3) is 0.391. The van der Waals surface area contributed by atoms with Gasteiger partial charge >= 0.3 is 5.97 Å². The molecule has 184 valence electrons. The van der Waals surface area contributed by atoms with Gasteiger partial charge in [0.1, 0.15) is 17.3 Å². The molecule has 0 unspecified atom stereocenters. The van der Waals surface area contributed by atoms with Crippen molar-refractivity contribution in [2.24, 2.45) is 0 Å². The van der Waals surface area contributed by atoms with Crippen molar-refractivity contribution < 1.29 is 23.8 Å². The maximum absolute atomic E-state index is 12.6. The lowest BCUT2D eigenvalue weighted by atomic mass is 10.1. The van der Waals surface area contributed by atoms with Crippen LogP contribution in [0.4, 0.5) is 17.2 Å². The summed E-state index contributed by atoms with van der Waals surface area (Å²) in [5.74, 6) is 0.495. The number of nitro groups is 1. The van der Waals surface area contributed by atoms with Gasteiger partial charge in [-0.3, -0.25) is 10.1 Å². The average molecular weight is 500 g/mol. The van der Waals surface area contributed by atoms with Crippen LogP contribution in [0.25, 0.3) is 0 Å². The van der Waals surface area contributed by atoms with Crippen LogP contribution < -0.4 is 15.2 Å². The molecule has 2 aromatic heterocycles. The zero-order chi connectivity index (χ0) is 24.9. The van der Waals surface area contributed by atoms with Crippen molar-refractivity contribution in [3.05, 3.63) is 67.5 Å². The molecule has 3 heterocycles. The molecule has 0 saturated carbocycles. The highest BCUT2D eigenvalue weighted by Crippen LogP contribution is 2.30. The molecule has 1 aromatic carbocycles. The van der Waals surface area contributed by atoms with Crippen LogP contribution in [0.1, 0.15) is 32.3 Å². The molecule has 1 aliphatic rings. The number of hydrogen-bond acceptors (Lipinski definition) is 10. The number of thiazole rings is 1. The molecule has 4 rings (SSSR count). The highest BCUT2D eigenvalue weighted by atomic mass is 32.1. The number of nitrogen functional groups attached to an aromatic ring is 1. The Balaban J connectivity index is 1.37. The van der Waals surface area contributed by atoms with Crippen molar-refractivity contribution in [1.29, 1.82) is 0 Å². The summed E-state index contributed by atoms with van der Waals surface area (Å²) < 4.78 is 12.8. The second-order valence-corrected chi connectivity index (χ2v) is 9.07. The first-order valence-corrected chi connectivity index (χ1v) is 12.0. The summed E-state index contributed by atoms with van der Waals surface area (Å²) in [6.45, 7) is 6.64. The Labute approximate surface area is 206 Å². The van der Waals surface area contributed by atoms with Gasteiger partial charge in [0.2, 0.25) is 5.51 Å². The van der Waals surface area contributed by atoms with Crippen LogP contribution in [0, 0.1) is 24.0 Å². The molecule has 12 heteroatoms. The topological polar surface area (TPSA) is 138 Å². The molecule has 0 amide bonds. The zero-order valence-electron chi connectivity index (χ0n) is 19.6. The van der Waals surface area contributed by atoms with Gasteiger partial charge in [0.15, 0.2) is 12.2 Å². The Bertz CT molecular complexity index is 1240. The van der Waals surface area contributed by atoms with Gasteiger partial charge in [-0.25, -0.2) is 14.8 Å². The Morgan fingerprint density at radius 2 is 2.11 bits per heavy atom. The third kappa shape index (κ3) is 5.72. The van der Waals surface area contributed by atoms with Crippen LogP contribution in [-0.2, 0) is 22.4 Å². The van der Waals surface area contributed by atoms with Gasteiger partial charge in [0, 0.05) is 38.7 Å². The van der Waals surface area contributed by atoms with Crippen LogP contribution in [-0.4, -0.2) is 53.8 Å².